The number of aryl methyl sites for hydroxylation is 1. The Morgan fingerprint density at radius 3 is 2.67 bits per heavy atom. The SMILES string of the molecule is Cc1ccc(-n2ncc(C(=O)NCCCN3CCCCC3C)c2-n2cccc2)cc1. The number of aromatic nitrogens is 3. The Morgan fingerprint density at radius 1 is 1.17 bits per heavy atom. The second kappa shape index (κ2) is 9.30. The van der Waals surface area contributed by atoms with Crippen LogP contribution in [0.4, 0.5) is 0 Å². The van der Waals surface area contributed by atoms with Gasteiger partial charge in [0.15, 0.2) is 5.82 Å². The van der Waals surface area contributed by atoms with E-state index in [1.807, 2.05) is 45.9 Å². The van der Waals surface area contributed by atoms with Crippen molar-refractivity contribution in [1.29, 1.82) is 0 Å². The Bertz CT molecular complexity index is 958. The van der Waals surface area contributed by atoms with Gasteiger partial charge in [0.25, 0.3) is 5.91 Å². The quantitative estimate of drug-likeness (QED) is 0.605. The summed E-state index contributed by atoms with van der Waals surface area (Å²) >= 11 is 0. The zero-order chi connectivity index (χ0) is 20.9. The monoisotopic (exact) mass is 405 g/mol. The second-order valence-corrected chi connectivity index (χ2v) is 8.21. The lowest BCUT2D eigenvalue weighted by Crippen LogP contribution is -2.39. The normalized spacial score (nSPS) is 17.2. The maximum atomic E-state index is 13.0. The fourth-order valence-electron chi connectivity index (χ4n) is 4.17. The van der Waals surface area contributed by atoms with Gasteiger partial charge >= 0.3 is 0 Å². The van der Waals surface area contributed by atoms with Crippen molar-refractivity contribution in [2.75, 3.05) is 19.6 Å². The first-order valence-electron chi connectivity index (χ1n) is 10.9. The van der Waals surface area contributed by atoms with Crippen LogP contribution in [0.1, 0.15) is 48.5 Å². The lowest BCUT2D eigenvalue weighted by molar-refractivity contribution is 0.0949. The van der Waals surface area contributed by atoms with E-state index in [-0.39, 0.29) is 5.91 Å². The smallest absolute Gasteiger partial charge is 0.256 e. The number of likely N-dealkylation sites (tertiary alicyclic amines) is 1. The Hall–Kier alpha value is -2.86. The van der Waals surface area contributed by atoms with E-state index in [0.717, 1.165) is 24.5 Å². The molecule has 4 rings (SSSR count). The zero-order valence-electron chi connectivity index (χ0n) is 17.9. The number of rotatable bonds is 7. The van der Waals surface area contributed by atoms with E-state index in [9.17, 15) is 4.79 Å². The molecule has 0 saturated carbocycles. The zero-order valence-corrected chi connectivity index (χ0v) is 17.9. The van der Waals surface area contributed by atoms with Gasteiger partial charge in [-0.2, -0.15) is 5.10 Å². The van der Waals surface area contributed by atoms with Crippen molar-refractivity contribution in [3.05, 3.63) is 66.1 Å². The summed E-state index contributed by atoms with van der Waals surface area (Å²) < 4.78 is 3.76. The molecule has 1 aromatic carbocycles. The molecule has 3 heterocycles. The Kier molecular flexibility index (Phi) is 6.33. The maximum Gasteiger partial charge on any atom is 0.256 e. The highest BCUT2D eigenvalue weighted by Gasteiger charge is 2.20. The first-order chi connectivity index (χ1) is 14.6. The Morgan fingerprint density at radius 2 is 1.93 bits per heavy atom. The number of piperidine rings is 1. The molecule has 6 nitrogen and oxygen atoms in total. The predicted octanol–water partition coefficient (Wildman–Crippen LogP) is 3.97. The van der Waals surface area contributed by atoms with Gasteiger partial charge in [0, 0.05) is 31.5 Å². The molecule has 1 amide bonds. The summed E-state index contributed by atoms with van der Waals surface area (Å²) in [7, 11) is 0. The van der Waals surface area contributed by atoms with Crippen molar-refractivity contribution in [3.63, 3.8) is 0 Å². The summed E-state index contributed by atoms with van der Waals surface area (Å²) in [5, 5.41) is 7.63. The maximum absolute atomic E-state index is 13.0. The molecular formula is C24H31N5O. The highest BCUT2D eigenvalue weighted by Crippen LogP contribution is 2.20. The van der Waals surface area contributed by atoms with Crippen molar-refractivity contribution >= 4 is 5.91 Å². The molecule has 0 radical (unpaired) electrons. The van der Waals surface area contributed by atoms with Crippen LogP contribution in [0, 0.1) is 6.92 Å². The summed E-state index contributed by atoms with van der Waals surface area (Å²) in [4.78, 5) is 15.5. The first-order valence-corrected chi connectivity index (χ1v) is 10.9. The molecular weight excluding hydrogens is 374 g/mol. The van der Waals surface area contributed by atoms with E-state index in [4.69, 9.17) is 0 Å². The molecule has 1 atom stereocenters. The third kappa shape index (κ3) is 4.49. The molecule has 1 aliphatic heterocycles. The van der Waals surface area contributed by atoms with E-state index in [1.165, 1.54) is 31.4 Å². The van der Waals surface area contributed by atoms with Crippen LogP contribution in [-0.2, 0) is 0 Å². The fraction of sp³-hybridized carbons (Fsp3) is 0.417. The number of nitrogens with one attached hydrogen (secondary N) is 1. The predicted molar refractivity (Wildman–Crippen MR) is 119 cm³/mol. The molecule has 1 aliphatic rings. The topological polar surface area (TPSA) is 55.1 Å². The Balaban J connectivity index is 1.46. The highest BCUT2D eigenvalue weighted by atomic mass is 16.1. The summed E-state index contributed by atoms with van der Waals surface area (Å²) in [6.07, 6.45) is 10.4. The van der Waals surface area contributed by atoms with E-state index in [1.54, 1.807) is 6.20 Å². The summed E-state index contributed by atoms with van der Waals surface area (Å²) in [6, 6.07) is 12.7. The molecule has 158 valence electrons. The molecule has 0 bridgehead atoms. The average Bonchev–Trinajstić information content (AvgIpc) is 3.42. The van der Waals surface area contributed by atoms with E-state index >= 15 is 0 Å². The van der Waals surface area contributed by atoms with Crippen molar-refractivity contribution in [3.8, 4) is 11.5 Å². The first kappa shape index (κ1) is 20.4. The molecule has 1 unspecified atom stereocenters. The van der Waals surface area contributed by atoms with Crippen LogP contribution in [0.2, 0.25) is 0 Å². The van der Waals surface area contributed by atoms with Crippen LogP contribution in [0.5, 0.6) is 0 Å². The van der Waals surface area contributed by atoms with Gasteiger partial charge in [0.1, 0.15) is 5.56 Å². The van der Waals surface area contributed by atoms with Crippen LogP contribution in [0.15, 0.2) is 55.0 Å². The summed E-state index contributed by atoms with van der Waals surface area (Å²) in [6.45, 7) is 7.25. The minimum Gasteiger partial charge on any atom is -0.352 e. The molecule has 1 saturated heterocycles. The van der Waals surface area contributed by atoms with Gasteiger partial charge in [-0.15, -0.1) is 0 Å². The highest BCUT2D eigenvalue weighted by molar-refractivity contribution is 5.97. The minimum absolute atomic E-state index is 0.0799. The molecule has 6 heteroatoms. The fourth-order valence-corrected chi connectivity index (χ4v) is 4.17. The van der Waals surface area contributed by atoms with E-state index in [2.05, 4.69) is 41.3 Å². The van der Waals surface area contributed by atoms with E-state index in [0.29, 0.717) is 18.2 Å². The van der Waals surface area contributed by atoms with Crippen molar-refractivity contribution < 1.29 is 4.79 Å². The Labute approximate surface area is 178 Å². The van der Waals surface area contributed by atoms with Gasteiger partial charge in [0.2, 0.25) is 0 Å². The van der Waals surface area contributed by atoms with E-state index < -0.39 is 0 Å². The van der Waals surface area contributed by atoms with Gasteiger partial charge in [-0.25, -0.2) is 4.68 Å². The number of hydrogen-bond donors (Lipinski definition) is 1. The van der Waals surface area contributed by atoms with Gasteiger partial charge in [-0.05, 0) is 63.9 Å². The summed E-state index contributed by atoms with van der Waals surface area (Å²) in [5.74, 6) is 0.676. The van der Waals surface area contributed by atoms with Crippen LogP contribution in [0.25, 0.3) is 11.5 Å². The van der Waals surface area contributed by atoms with Gasteiger partial charge in [0.05, 0.1) is 11.9 Å². The number of carbonyl (C=O) groups is 1. The van der Waals surface area contributed by atoms with Gasteiger partial charge in [-0.3, -0.25) is 4.79 Å². The minimum atomic E-state index is -0.0799. The van der Waals surface area contributed by atoms with Crippen LogP contribution < -0.4 is 5.32 Å². The lowest BCUT2D eigenvalue weighted by Gasteiger charge is -2.33. The van der Waals surface area contributed by atoms with Crippen molar-refractivity contribution in [1.82, 2.24) is 24.6 Å². The van der Waals surface area contributed by atoms with Crippen LogP contribution >= 0.6 is 0 Å². The lowest BCUT2D eigenvalue weighted by atomic mass is 10.0. The standard InChI is InChI=1S/C24H31N5O/c1-19-9-11-21(12-10-19)29-24(28-15-5-6-16-28)22(18-26-29)23(30)25-13-7-17-27-14-4-3-8-20(27)2/h5-6,9-12,15-16,18,20H,3-4,7-8,13-14,17H2,1-2H3,(H,25,30). The summed E-state index contributed by atoms with van der Waals surface area (Å²) in [5.41, 5.74) is 2.70. The second-order valence-electron chi connectivity index (χ2n) is 8.21. The number of benzene rings is 1. The number of carbonyl (C=O) groups excluding carboxylic acids is 1. The van der Waals surface area contributed by atoms with Gasteiger partial charge < -0.3 is 14.8 Å². The molecule has 0 aliphatic carbocycles. The molecule has 0 spiro atoms. The molecule has 3 aromatic rings. The number of hydrogen-bond acceptors (Lipinski definition) is 3. The van der Waals surface area contributed by atoms with Crippen LogP contribution in [-0.4, -0.2) is 50.8 Å². The average molecular weight is 406 g/mol. The van der Waals surface area contributed by atoms with Crippen LogP contribution in [0.3, 0.4) is 0 Å². The molecule has 2 aromatic heterocycles. The molecule has 1 N–H and O–H groups in total. The third-order valence-electron chi connectivity index (χ3n) is 5.96. The molecule has 1 fully saturated rings. The molecule has 30 heavy (non-hydrogen) atoms. The van der Waals surface area contributed by atoms with Crippen molar-refractivity contribution in [2.45, 2.75) is 45.6 Å². The number of amides is 1. The largest absolute Gasteiger partial charge is 0.352 e. The number of nitrogens with zero attached hydrogens (tertiary/aromatic N) is 4. The van der Waals surface area contributed by atoms with Crippen molar-refractivity contribution in [2.24, 2.45) is 0 Å². The third-order valence-corrected chi connectivity index (χ3v) is 5.96. The van der Waals surface area contributed by atoms with Gasteiger partial charge in [-0.1, -0.05) is 24.1 Å².